The average molecular weight is 181 g/mol. The second kappa shape index (κ2) is 4.14. The fraction of sp³-hybridized carbons (Fsp3) is 0.400. The quantitative estimate of drug-likeness (QED) is 0.768. The summed E-state index contributed by atoms with van der Waals surface area (Å²) in [5.41, 5.74) is 7.61. The molecule has 0 fully saturated rings. The molecule has 13 heavy (non-hydrogen) atoms. The summed E-state index contributed by atoms with van der Waals surface area (Å²) in [7, 11) is 3.27. The first-order valence-electron chi connectivity index (χ1n) is 4.15. The molecular weight excluding hydrogens is 166 g/mol. The third-order valence-electron chi connectivity index (χ3n) is 2.04. The summed E-state index contributed by atoms with van der Waals surface area (Å²) in [6.07, 6.45) is 0. The lowest BCUT2D eigenvalue weighted by Gasteiger charge is -2.13. The summed E-state index contributed by atoms with van der Waals surface area (Å²) in [6, 6.07) is 3.86. The van der Waals surface area contributed by atoms with Gasteiger partial charge in [0.15, 0.2) is 0 Å². The fourth-order valence-electron chi connectivity index (χ4n) is 1.40. The van der Waals surface area contributed by atoms with Gasteiger partial charge in [0, 0.05) is 12.1 Å². The highest BCUT2D eigenvalue weighted by Crippen LogP contribution is 2.30. The van der Waals surface area contributed by atoms with Crippen LogP contribution in [0.3, 0.4) is 0 Å². The molecule has 72 valence electrons. The van der Waals surface area contributed by atoms with Crippen LogP contribution in [0.1, 0.15) is 11.1 Å². The Morgan fingerprint density at radius 1 is 1.23 bits per heavy atom. The van der Waals surface area contributed by atoms with Gasteiger partial charge in [0.05, 0.1) is 14.2 Å². The van der Waals surface area contributed by atoms with Gasteiger partial charge in [0.25, 0.3) is 0 Å². The Morgan fingerprint density at radius 2 is 1.92 bits per heavy atom. The fourth-order valence-corrected chi connectivity index (χ4v) is 1.40. The van der Waals surface area contributed by atoms with E-state index >= 15 is 0 Å². The molecule has 0 radical (unpaired) electrons. The molecule has 0 bridgehead atoms. The third-order valence-corrected chi connectivity index (χ3v) is 2.04. The van der Waals surface area contributed by atoms with Crippen molar-refractivity contribution in [2.24, 2.45) is 5.73 Å². The van der Waals surface area contributed by atoms with Crippen molar-refractivity contribution in [2.75, 3.05) is 14.2 Å². The van der Waals surface area contributed by atoms with Crippen LogP contribution in [0.5, 0.6) is 11.5 Å². The Hall–Kier alpha value is -1.22. The lowest BCUT2D eigenvalue weighted by Crippen LogP contribution is -2.04. The minimum Gasteiger partial charge on any atom is -0.496 e. The van der Waals surface area contributed by atoms with Crippen LogP contribution in [-0.4, -0.2) is 14.2 Å². The monoisotopic (exact) mass is 181 g/mol. The SMILES string of the molecule is COc1ccc(C)c(OC)c1CN. The molecule has 1 aromatic carbocycles. The van der Waals surface area contributed by atoms with E-state index in [2.05, 4.69) is 0 Å². The average Bonchev–Trinajstić information content (AvgIpc) is 2.17. The second-order valence-corrected chi connectivity index (χ2v) is 2.80. The lowest BCUT2D eigenvalue weighted by atomic mass is 10.1. The minimum atomic E-state index is 0.425. The van der Waals surface area contributed by atoms with Gasteiger partial charge in [-0.15, -0.1) is 0 Å². The Morgan fingerprint density at radius 3 is 2.38 bits per heavy atom. The van der Waals surface area contributed by atoms with Crippen molar-refractivity contribution in [1.82, 2.24) is 0 Å². The highest BCUT2D eigenvalue weighted by atomic mass is 16.5. The highest BCUT2D eigenvalue weighted by molar-refractivity contribution is 5.49. The number of ether oxygens (including phenoxy) is 2. The molecule has 0 atom stereocenters. The summed E-state index contributed by atoms with van der Waals surface area (Å²) in [5.74, 6) is 1.60. The maximum absolute atomic E-state index is 5.61. The van der Waals surface area contributed by atoms with Gasteiger partial charge in [-0.05, 0) is 18.6 Å². The molecule has 1 aromatic rings. The van der Waals surface area contributed by atoms with Gasteiger partial charge in [-0.3, -0.25) is 0 Å². The third kappa shape index (κ3) is 1.75. The standard InChI is InChI=1S/C10H15NO2/c1-7-4-5-9(12-2)8(6-11)10(7)13-3/h4-5H,6,11H2,1-3H3. The van der Waals surface area contributed by atoms with Gasteiger partial charge in [-0.2, -0.15) is 0 Å². The highest BCUT2D eigenvalue weighted by Gasteiger charge is 2.10. The van der Waals surface area contributed by atoms with Crippen molar-refractivity contribution in [1.29, 1.82) is 0 Å². The smallest absolute Gasteiger partial charge is 0.129 e. The van der Waals surface area contributed by atoms with Gasteiger partial charge in [-0.25, -0.2) is 0 Å². The van der Waals surface area contributed by atoms with Crippen molar-refractivity contribution in [2.45, 2.75) is 13.5 Å². The minimum absolute atomic E-state index is 0.425. The van der Waals surface area contributed by atoms with Gasteiger partial charge >= 0.3 is 0 Å². The molecule has 0 aliphatic carbocycles. The van der Waals surface area contributed by atoms with Crippen molar-refractivity contribution < 1.29 is 9.47 Å². The second-order valence-electron chi connectivity index (χ2n) is 2.80. The first-order chi connectivity index (χ1) is 6.24. The van der Waals surface area contributed by atoms with Crippen LogP contribution in [0.2, 0.25) is 0 Å². The van der Waals surface area contributed by atoms with E-state index in [4.69, 9.17) is 15.2 Å². The van der Waals surface area contributed by atoms with E-state index in [9.17, 15) is 0 Å². The number of aryl methyl sites for hydroxylation is 1. The number of hydrogen-bond donors (Lipinski definition) is 1. The zero-order valence-electron chi connectivity index (χ0n) is 8.26. The molecule has 3 heteroatoms. The molecule has 0 saturated heterocycles. The predicted octanol–water partition coefficient (Wildman–Crippen LogP) is 1.47. The van der Waals surface area contributed by atoms with E-state index in [1.165, 1.54) is 0 Å². The maximum atomic E-state index is 5.61. The Kier molecular flexibility index (Phi) is 3.14. The Bertz CT molecular complexity index is 297. The Balaban J connectivity index is 3.27. The van der Waals surface area contributed by atoms with Crippen LogP contribution in [-0.2, 0) is 6.54 Å². The van der Waals surface area contributed by atoms with E-state index in [0.29, 0.717) is 6.54 Å². The van der Waals surface area contributed by atoms with E-state index < -0.39 is 0 Å². The molecule has 0 aromatic heterocycles. The van der Waals surface area contributed by atoms with E-state index in [1.54, 1.807) is 14.2 Å². The van der Waals surface area contributed by atoms with Crippen molar-refractivity contribution >= 4 is 0 Å². The van der Waals surface area contributed by atoms with Crippen molar-refractivity contribution in [3.63, 3.8) is 0 Å². The zero-order valence-corrected chi connectivity index (χ0v) is 8.26. The summed E-state index contributed by atoms with van der Waals surface area (Å²) < 4.78 is 10.4. The van der Waals surface area contributed by atoms with Crippen LogP contribution in [0.15, 0.2) is 12.1 Å². The summed E-state index contributed by atoms with van der Waals surface area (Å²) in [6.45, 7) is 2.41. The molecular formula is C10H15NO2. The van der Waals surface area contributed by atoms with Gasteiger partial charge < -0.3 is 15.2 Å². The molecule has 0 aliphatic rings. The van der Waals surface area contributed by atoms with Crippen LogP contribution in [0.4, 0.5) is 0 Å². The van der Waals surface area contributed by atoms with Crippen LogP contribution >= 0.6 is 0 Å². The number of nitrogens with two attached hydrogens (primary N) is 1. The molecule has 1 rings (SSSR count). The Labute approximate surface area is 78.5 Å². The molecule has 0 amide bonds. The van der Waals surface area contributed by atoms with Gasteiger partial charge in [0.2, 0.25) is 0 Å². The topological polar surface area (TPSA) is 44.5 Å². The van der Waals surface area contributed by atoms with E-state index in [0.717, 1.165) is 22.6 Å². The number of hydrogen-bond acceptors (Lipinski definition) is 3. The lowest BCUT2D eigenvalue weighted by molar-refractivity contribution is 0.383. The van der Waals surface area contributed by atoms with Gasteiger partial charge in [-0.1, -0.05) is 6.07 Å². The molecule has 0 aliphatic heterocycles. The number of methoxy groups -OCH3 is 2. The number of rotatable bonds is 3. The largest absolute Gasteiger partial charge is 0.496 e. The molecule has 2 N–H and O–H groups in total. The first-order valence-corrected chi connectivity index (χ1v) is 4.15. The van der Waals surface area contributed by atoms with Crippen molar-refractivity contribution in [3.05, 3.63) is 23.3 Å². The summed E-state index contributed by atoms with van der Waals surface area (Å²) in [5, 5.41) is 0. The number of benzene rings is 1. The molecule has 0 unspecified atom stereocenters. The van der Waals surface area contributed by atoms with Gasteiger partial charge in [0.1, 0.15) is 11.5 Å². The molecule has 0 spiro atoms. The van der Waals surface area contributed by atoms with E-state index in [-0.39, 0.29) is 0 Å². The van der Waals surface area contributed by atoms with Crippen LogP contribution in [0.25, 0.3) is 0 Å². The molecule has 3 nitrogen and oxygen atoms in total. The predicted molar refractivity (Wildman–Crippen MR) is 52.2 cm³/mol. The molecule has 0 saturated carbocycles. The summed E-state index contributed by atoms with van der Waals surface area (Å²) in [4.78, 5) is 0. The summed E-state index contributed by atoms with van der Waals surface area (Å²) >= 11 is 0. The maximum Gasteiger partial charge on any atom is 0.129 e. The van der Waals surface area contributed by atoms with Crippen LogP contribution in [0, 0.1) is 6.92 Å². The first kappa shape index (κ1) is 9.86. The van der Waals surface area contributed by atoms with Crippen molar-refractivity contribution in [3.8, 4) is 11.5 Å². The molecule has 0 heterocycles. The normalized spacial score (nSPS) is 9.85. The van der Waals surface area contributed by atoms with E-state index in [1.807, 2.05) is 19.1 Å². The zero-order chi connectivity index (χ0) is 9.84. The van der Waals surface area contributed by atoms with Crippen LogP contribution < -0.4 is 15.2 Å².